The molecule has 8 heteroatoms. The van der Waals surface area contributed by atoms with E-state index in [0.717, 1.165) is 24.3 Å². The van der Waals surface area contributed by atoms with Crippen LogP contribution in [0.4, 0.5) is 11.4 Å². The Hall–Kier alpha value is -3.00. The van der Waals surface area contributed by atoms with Gasteiger partial charge in [-0.05, 0) is 45.0 Å². The fraction of sp³-hybridized carbons (Fsp3) is 0.400. The van der Waals surface area contributed by atoms with Crippen molar-refractivity contribution in [3.05, 3.63) is 60.2 Å². The molecule has 2 atom stereocenters. The quantitative estimate of drug-likeness (QED) is 0.598. The van der Waals surface area contributed by atoms with Crippen LogP contribution in [0, 0.1) is 6.92 Å². The van der Waals surface area contributed by atoms with Crippen molar-refractivity contribution in [1.29, 1.82) is 0 Å². The summed E-state index contributed by atoms with van der Waals surface area (Å²) in [5, 5.41) is 2.25. The van der Waals surface area contributed by atoms with Gasteiger partial charge in [-0.25, -0.2) is 0 Å². The molecule has 2 aromatic carbocycles. The number of thioether (sulfide) groups is 1. The molecular weight excluding hydrogens is 438 g/mol. The number of carbonyl (C=O) groups excluding carboxylic acids is 3. The summed E-state index contributed by atoms with van der Waals surface area (Å²) in [6.07, 6.45) is -0.856. The first kappa shape index (κ1) is 24.6. The highest BCUT2D eigenvalue weighted by Gasteiger charge is 2.28. The highest BCUT2D eigenvalue weighted by Crippen LogP contribution is 2.18. The molecule has 1 fully saturated rings. The number of hydrogen-bond donors (Lipinski definition) is 1. The number of nitrogens with zero attached hydrogens (tertiary/aromatic N) is 2. The molecule has 0 spiro atoms. The Morgan fingerprint density at radius 1 is 0.970 bits per heavy atom. The number of amides is 2. The zero-order valence-corrected chi connectivity index (χ0v) is 20.1. The van der Waals surface area contributed by atoms with Gasteiger partial charge < -0.3 is 19.9 Å². The predicted octanol–water partition coefficient (Wildman–Crippen LogP) is 3.34. The first-order chi connectivity index (χ1) is 15.8. The second-order valence-corrected chi connectivity index (χ2v) is 9.42. The van der Waals surface area contributed by atoms with Crippen molar-refractivity contribution in [2.24, 2.45) is 0 Å². The van der Waals surface area contributed by atoms with Crippen molar-refractivity contribution in [2.75, 3.05) is 42.1 Å². The van der Waals surface area contributed by atoms with Gasteiger partial charge >= 0.3 is 5.97 Å². The Morgan fingerprint density at radius 3 is 2.24 bits per heavy atom. The van der Waals surface area contributed by atoms with Crippen molar-refractivity contribution in [3.63, 3.8) is 0 Å². The minimum absolute atomic E-state index is 0.119. The molecule has 7 nitrogen and oxygen atoms in total. The summed E-state index contributed by atoms with van der Waals surface area (Å²) in [4.78, 5) is 41.3. The largest absolute Gasteiger partial charge is 0.452 e. The Bertz CT molecular complexity index is 944. The lowest BCUT2D eigenvalue weighted by molar-refractivity contribution is -0.158. The third-order valence-electron chi connectivity index (χ3n) is 5.49. The second kappa shape index (κ2) is 11.7. The molecule has 1 aliphatic rings. The molecule has 1 saturated heterocycles. The zero-order chi connectivity index (χ0) is 23.8. The van der Waals surface area contributed by atoms with Gasteiger partial charge in [0.1, 0.15) is 5.25 Å². The van der Waals surface area contributed by atoms with Crippen LogP contribution < -0.4 is 10.2 Å². The number of ether oxygens (including phenoxy) is 1. The maximum Gasteiger partial charge on any atom is 0.319 e. The Balaban J connectivity index is 1.39. The lowest BCUT2D eigenvalue weighted by Gasteiger charge is -2.37. The molecule has 0 saturated carbocycles. The normalized spacial score (nSPS) is 15.5. The van der Waals surface area contributed by atoms with Crippen molar-refractivity contribution < 1.29 is 19.1 Å². The van der Waals surface area contributed by atoms with E-state index in [1.807, 2.05) is 49.4 Å². The van der Waals surface area contributed by atoms with E-state index in [0.29, 0.717) is 18.8 Å². The van der Waals surface area contributed by atoms with E-state index in [2.05, 4.69) is 22.3 Å². The van der Waals surface area contributed by atoms with Gasteiger partial charge in [0.05, 0.1) is 5.75 Å². The first-order valence-corrected chi connectivity index (χ1v) is 12.2. The van der Waals surface area contributed by atoms with Gasteiger partial charge in [-0.1, -0.05) is 35.9 Å². The minimum atomic E-state index is -0.856. The zero-order valence-electron chi connectivity index (χ0n) is 19.3. The van der Waals surface area contributed by atoms with Crippen LogP contribution in [0.1, 0.15) is 19.4 Å². The summed E-state index contributed by atoms with van der Waals surface area (Å²) >= 11 is 1.18. The topological polar surface area (TPSA) is 78.9 Å². The lowest BCUT2D eigenvalue weighted by Crippen LogP contribution is -2.51. The van der Waals surface area contributed by atoms with Crippen LogP contribution in [0.3, 0.4) is 0 Å². The number of piperazine rings is 1. The highest BCUT2D eigenvalue weighted by atomic mass is 32.2. The number of benzene rings is 2. The second-order valence-electron chi connectivity index (χ2n) is 8.09. The van der Waals surface area contributed by atoms with Crippen LogP contribution in [0.2, 0.25) is 0 Å². The number of nitrogens with one attached hydrogen (secondary N) is 1. The summed E-state index contributed by atoms with van der Waals surface area (Å²) in [6, 6.07) is 17.6. The van der Waals surface area contributed by atoms with Crippen LogP contribution in [0.15, 0.2) is 54.6 Å². The number of esters is 1. The Kier molecular flexibility index (Phi) is 8.77. The van der Waals surface area contributed by atoms with Crippen LogP contribution in [0.5, 0.6) is 0 Å². The van der Waals surface area contributed by atoms with Gasteiger partial charge in [0.25, 0.3) is 5.91 Å². The summed E-state index contributed by atoms with van der Waals surface area (Å²) < 4.78 is 5.41. The van der Waals surface area contributed by atoms with Gasteiger partial charge in [-0.3, -0.25) is 14.4 Å². The maximum absolute atomic E-state index is 12.8. The molecule has 1 heterocycles. The SMILES string of the molecule is Cc1ccc(NC(=O)CS[C@@H](C)C(=O)O[C@@H](C)C(=O)N2CCN(c3ccccc3)CC2)cc1. The van der Waals surface area contributed by atoms with Gasteiger partial charge in [-0.2, -0.15) is 0 Å². The van der Waals surface area contributed by atoms with Crippen LogP contribution >= 0.6 is 11.8 Å². The minimum Gasteiger partial charge on any atom is -0.452 e. The van der Waals surface area contributed by atoms with Crippen LogP contribution in [0.25, 0.3) is 0 Å². The fourth-order valence-corrected chi connectivity index (χ4v) is 4.17. The molecule has 2 amide bonds. The number of anilines is 2. The van der Waals surface area contributed by atoms with Gasteiger partial charge in [-0.15, -0.1) is 11.8 Å². The molecule has 2 aromatic rings. The molecule has 0 aromatic heterocycles. The number of aryl methyl sites for hydroxylation is 1. The maximum atomic E-state index is 12.8. The standard InChI is InChI=1S/C25H31N3O4S/c1-18-9-11-21(12-10-18)26-23(29)17-33-20(3)25(31)32-19(2)24(30)28-15-13-27(14-16-28)22-7-5-4-6-8-22/h4-12,19-20H,13-17H2,1-3H3,(H,26,29)/t19-,20-/m0/s1. The first-order valence-electron chi connectivity index (χ1n) is 11.1. The summed E-state index contributed by atoms with van der Waals surface area (Å²) in [5.41, 5.74) is 2.97. The summed E-state index contributed by atoms with van der Waals surface area (Å²) in [5.74, 6) is -0.755. The van der Waals surface area contributed by atoms with E-state index in [1.165, 1.54) is 11.8 Å². The molecule has 1 N–H and O–H groups in total. The number of para-hydroxylation sites is 1. The van der Waals surface area contributed by atoms with E-state index >= 15 is 0 Å². The van der Waals surface area contributed by atoms with E-state index in [9.17, 15) is 14.4 Å². The smallest absolute Gasteiger partial charge is 0.319 e. The summed E-state index contributed by atoms with van der Waals surface area (Å²) in [7, 11) is 0. The van der Waals surface area contributed by atoms with E-state index in [1.54, 1.807) is 18.7 Å². The van der Waals surface area contributed by atoms with Crippen molar-refractivity contribution in [3.8, 4) is 0 Å². The number of hydrogen-bond acceptors (Lipinski definition) is 6. The van der Waals surface area contributed by atoms with Gasteiger partial charge in [0.15, 0.2) is 6.10 Å². The molecule has 0 unspecified atom stereocenters. The van der Waals surface area contributed by atoms with Crippen molar-refractivity contribution in [1.82, 2.24) is 4.90 Å². The van der Waals surface area contributed by atoms with E-state index in [4.69, 9.17) is 4.74 Å². The average Bonchev–Trinajstić information content (AvgIpc) is 2.84. The van der Waals surface area contributed by atoms with Crippen molar-refractivity contribution in [2.45, 2.75) is 32.1 Å². The Labute approximate surface area is 199 Å². The van der Waals surface area contributed by atoms with Crippen molar-refractivity contribution >= 4 is 40.9 Å². The molecule has 176 valence electrons. The van der Waals surface area contributed by atoms with Gasteiger partial charge in [0, 0.05) is 37.6 Å². The molecule has 33 heavy (non-hydrogen) atoms. The molecule has 1 aliphatic heterocycles. The molecular formula is C25H31N3O4S. The Morgan fingerprint density at radius 2 is 1.61 bits per heavy atom. The average molecular weight is 470 g/mol. The number of rotatable bonds is 8. The molecule has 0 aliphatic carbocycles. The van der Waals surface area contributed by atoms with Crippen LogP contribution in [-0.4, -0.2) is 66.0 Å². The van der Waals surface area contributed by atoms with Crippen LogP contribution in [-0.2, 0) is 19.1 Å². The molecule has 0 bridgehead atoms. The third kappa shape index (κ3) is 7.25. The molecule has 0 radical (unpaired) electrons. The lowest BCUT2D eigenvalue weighted by atomic mass is 10.2. The molecule has 3 rings (SSSR count). The number of carbonyl (C=O) groups is 3. The highest BCUT2D eigenvalue weighted by molar-refractivity contribution is 8.01. The van der Waals surface area contributed by atoms with E-state index in [-0.39, 0.29) is 17.6 Å². The fourth-order valence-electron chi connectivity index (χ4n) is 3.50. The van der Waals surface area contributed by atoms with Gasteiger partial charge in [0.2, 0.25) is 5.91 Å². The summed E-state index contributed by atoms with van der Waals surface area (Å²) in [6.45, 7) is 7.90. The van der Waals surface area contributed by atoms with E-state index < -0.39 is 17.3 Å². The third-order valence-corrected chi connectivity index (χ3v) is 6.61. The monoisotopic (exact) mass is 469 g/mol. The predicted molar refractivity (Wildman–Crippen MR) is 133 cm³/mol.